The summed E-state index contributed by atoms with van der Waals surface area (Å²) in [4.78, 5) is 17.1. The Morgan fingerprint density at radius 1 is 1.28 bits per heavy atom. The largest absolute Gasteiger partial charge is 0.481 e. The molecule has 0 spiro atoms. The molecule has 1 heterocycles. The number of aliphatic carboxylic acids is 1. The Hall–Kier alpha value is -0.900. The summed E-state index contributed by atoms with van der Waals surface area (Å²) in [6.45, 7) is 2.32. The van der Waals surface area contributed by atoms with Gasteiger partial charge in [-0.15, -0.1) is 11.3 Å². The molecule has 4 heteroatoms. The molecule has 0 saturated heterocycles. The lowest BCUT2D eigenvalue weighted by molar-refractivity contribution is -0.138. The van der Waals surface area contributed by atoms with Crippen LogP contribution in [-0.2, 0) is 11.2 Å². The van der Waals surface area contributed by atoms with Crippen molar-refractivity contribution in [2.75, 3.05) is 0 Å². The van der Waals surface area contributed by atoms with Crippen LogP contribution in [-0.4, -0.2) is 16.1 Å². The van der Waals surface area contributed by atoms with Crippen LogP contribution >= 0.6 is 11.3 Å². The predicted octanol–water partition coefficient (Wildman–Crippen LogP) is 3.55. The van der Waals surface area contributed by atoms with Crippen LogP contribution in [0.1, 0.15) is 66.4 Å². The van der Waals surface area contributed by atoms with E-state index in [1.807, 2.05) is 0 Å². The van der Waals surface area contributed by atoms with E-state index >= 15 is 0 Å². The lowest BCUT2D eigenvalue weighted by atomic mass is 9.83. The first-order valence-corrected chi connectivity index (χ1v) is 7.69. The molecule has 2 aliphatic carbocycles. The van der Waals surface area contributed by atoms with Gasteiger partial charge >= 0.3 is 5.97 Å². The van der Waals surface area contributed by atoms with Gasteiger partial charge in [0.15, 0.2) is 0 Å². The molecule has 1 N–H and O–H groups in total. The zero-order valence-corrected chi connectivity index (χ0v) is 11.5. The number of hydrogen-bond donors (Lipinski definition) is 1. The average Bonchev–Trinajstić information content (AvgIpc) is 2.88. The van der Waals surface area contributed by atoms with E-state index in [1.54, 1.807) is 11.3 Å². The second-order valence-electron chi connectivity index (χ2n) is 5.75. The summed E-state index contributed by atoms with van der Waals surface area (Å²) < 4.78 is 0. The molecule has 3 rings (SSSR count). The van der Waals surface area contributed by atoms with Gasteiger partial charge in [0.05, 0.1) is 10.7 Å². The second kappa shape index (κ2) is 4.65. The van der Waals surface area contributed by atoms with Gasteiger partial charge in [0.2, 0.25) is 0 Å². The van der Waals surface area contributed by atoms with Crippen molar-refractivity contribution in [2.24, 2.45) is 5.92 Å². The third-order valence-corrected chi connectivity index (χ3v) is 5.69. The van der Waals surface area contributed by atoms with Crippen LogP contribution in [0.5, 0.6) is 0 Å². The number of carbonyl (C=O) groups is 1. The Morgan fingerprint density at radius 3 is 2.67 bits per heavy atom. The van der Waals surface area contributed by atoms with Crippen molar-refractivity contribution in [3.63, 3.8) is 0 Å². The number of aromatic nitrogens is 1. The zero-order chi connectivity index (χ0) is 12.7. The van der Waals surface area contributed by atoms with Gasteiger partial charge in [-0.1, -0.05) is 19.8 Å². The first-order valence-electron chi connectivity index (χ1n) is 6.87. The summed E-state index contributed by atoms with van der Waals surface area (Å²) in [5.74, 6) is 0.390. The van der Waals surface area contributed by atoms with E-state index in [2.05, 4.69) is 11.9 Å². The summed E-state index contributed by atoms with van der Waals surface area (Å²) >= 11 is 1.78. The molecule has 1 aromatic rings. The summed E-state index contributed by atoms with van der Waals surface area (Å²) in [5, 5.41) is 10.4. The highest BCUT2D eigenvalue weighted by Crippen LogP contribution is 2.42. The third kappa shape index (κ3) is 2.07. The van der Waals surface area contributed by atoms with Gasteiger partial charge in [-0.3, -0.25) is 4.79 Å². The second-order valence-corrected chi connectivity index (χ2v) is 6.86. The van der Waals surface area contributed by atoms with Crippen molar-refractivity contribution in [2.45, 2.75) is 57.3 Å². The van der Waals surface area contributed by atoms with Crippen LogP contribution in [0, 0.1) is 5.92 Å². The van der Waals surface area contributed by atoms with E-state index < -0.39 is 5.97 Å². The number of thiazole rings is 1. The minimum atomic E-state index is -0.706. The quantitative estimate of drug-likeness (QED) is 0.889. The van der Waals surface area contributed by atoms with Crippen LogP contribution in [0.3, 0.4) is 0 Å². The number of carboxylic acid groups (broad SMARTS) is 1. The van der Waals surface area contributed by atoms with Crippen molar-refractivity contribution in [1.29, 1.82) is 0 Å². The Morgan fingerprint density at radius 2 is 2.00 bits per heavy atom. The first-order chi connectivity index (χ1) is 8.65. The van der Waals surface area contributed by atoms with E-state index in [-0.39, 0.29) is 5.92 Å². The van der Waals surface area contributed by atoms with Crippen LogP contribution in [0.15, 0.2) is 0 Å². The van der Waals surface area contributed by atoms with Gasteiger partial charge in [-0.25, -0.2) is 4.98 Å². The van der Waals surface area contributed by atoms with Crippen LogP contribution in [0.4, 0.5) is 0 Å². The van der Waals surface area contributed by atoms with Crippen LogP contribution < -0.4 is 0 Å². The number of rotatable bonds is 2. The van der Waals surface area contributed by atoms with Gasteiger partial charge in [0.1, 0.15) is 5.92 Å². The molecule has 18 heavy (non-hydrogen) atoms. The molecule has 98 valence electrons. The molecule has 0 radical (unpaired) electrons. The lowest BCUT2D eigenvalue weighted by Crippen LogP contribution is -2.12. The van der Waals surface area contributed by atoms with E-state index in [0.717, 1.165) is 24.5 Å². The van der Waals surface area contributed by atoms with E-state index in [9.17, 15) is 9.90 Å². The number of hydrogen-bond acceptors (Lipinski definition) is 3. The van der Waals surface area contributed by atoms with Gasteiger partial charge in [0, 0.05) is 10.8 Å². The smallest absolute Gasteiger partial charge is 0.312 e. The summed E-state index contributed by atoms with van der Waals surface area (Å²) in [6, 6.07) is 0. The van der Waals surface area contributed by atoms with Gasteiger partial charge in [0.25, 0.3) is 0 Å². The molecule has 0 aliphatic heterocycles. The van der Waals surface area contributed by atoms with Crippen LogP contribution in [0.2, 0.25) is 0 Å². The third-order valence-electron chi connectivity index (χ3n) is 4.40. The SMILES string of the molecule is CC1CCC(c2nc3c(s2)CCC3C(=O)O)CC1. The van der Waals surface area contributed by atoms with Crippen molar-refractivity contribution >= 4 is 17.3 Å². The summed E-state index contributed by atoms with van der Waals surface area (Å²) in [7, 11) is 0. The fourth-order valence-corrected chi connectivity index (χ4v) is 4.48. The minimum Gasteiger partial charge on any atom is -0.481 e. The van der Waals surface area contributed by atoms with Crippen molar-refractivity contribution in [3.8, 4) is 0 Å². The molecule has 2 aliphatic rings. The molecule has 1 saturated carbocycles. The van der Waals surface area contributed by atoms with Crippen molar-refractivity contribution in [1.82, 2.24) is 4.98 Å². The highest BCUT2D eigenvalue weighted by molar-refractivity contribution is 7.11. The predicted molar refractivity (Wildman–Crippen MR) is 71.2 cm³/mol. The van der Waals surface area contributed by atoms with Crippen molar-refractivity contribution < 1.29 is 9.90 Å². The molecule has 1 unspecified atom stereocenters. The van der Waals surface area contributed by atoms with E-state index in [0.29, 0.717) is 5.92 Å². The Kier molecular flexibility index (Phi) is 3.14. The molecular formula is C14H19NO2S. The maximum Gasteiger partial charge on any atom is 0.312 e. The molecular weight excluding hydrogens is 246 g/mol. The standard InChI is InChI=1S/C14H19NO2S/c1-8-2-4-9(5-3-8)13-15-12-10(14(16)17)6-7-11(12)18-13/h8-10H,2-7H2,1H3,(H,16,17). The summed E-state index contributed by atoms with van der Waals surface area (Å²) in [5.41, 5.74) is 0.876. The fourth-order valence-electron chi connectivity index (χ4n) is 3.17. The lowest BCUT2D eigenvalue weighted by Gasteiger charge is -2.24. The molecule has 0 amide bonds. The highest BCUT2D eigenvalue weighted by Gasteiger charge is 2.34. The average molecular weight is 265 g/mol. The summed E-state index contributed by atoms with van der Waals surface area (Å²) in [6.07, 6.45) is 6.68. The molecule has 1 aromatic heterocycles. The zero-order valence-electron chi connectivity index (χ0n) is 10.7. The molecule has 1 atom stereocenters. The molecule has 0 bridgehead atoms. The Balaban J connectivity index is 1.80. The van der Waals surface area contributed by atoms with Gasteiger partial charge < -0.3 is 5.11 Å². The molecule has 1 fully saturated rings. The van der Waals surface area contributed by atoms with E-state index in [4.69, 9.17) is 0 Å². The Bertz CT molecular complexity index is 460. The minimum absolute atomic E-state index is 0.340. The molecule has 0 aromatic carbocycles. The number of nitrogens with zero attached hydrogens (tertiary/aromatic N) is 1. The number of carboxylic acids is 1. The maximum absolute atomic E-state index is 11.2. The van der Waals surface area contributed by atoms with Gasteiger partial charge in [-0.2, -0.15) is 0 Å². The first kappa shape index (κ1) is 12.2. The monoisotopic (exact) mass is 265 g/mol. The number of aryl methyl sites for hydroxylation is 1. The number of fused-ring (bicyclic) bond motifs is 1. The topological polar surface area (TPSA) is 50.2 Å². The fraction of sp³-hybridized carbons (Fsp3) is 0.714. The molecule has 3 nitrogen and oxygen atoms in total. The Labute approximate surface area is 111 Å². The van der Waals surface area contributed by atoms with Gasteiger partial charge in [-0.05, 0) is 31.6 Å². The normalized spacial score (nSPS) is 31.3. The maximum atomic E-state index is 11.2. The highest BCUT2D eigenvalue weighted by atomic mass is 32.1. The van der Waals surface area contributed by atoms with Crippen molar-refractivity contribution in [3.05, 3.63) is 15.6 Å². The van der Waals surface area contributed by atoms with Crippen LogP contribution in [0.25, 0.3) is 0 Å². The van der Waals surface area contributed by atoms with E-state index in [1.165, 1.54) is 35.6 Å².